The van der Waals surface area contributed by atoms with Gasteiger partial charge < -0.3 is 20.9 Å². The minimum Gasteiger partial charge on any atom is -0.370 e. The van der Waals surface area contributed by atoms with Crippen molar-refractivity contribution in [2.45, 2.75) is 6.92 Å². The van der Waals surface area contributed by atoms with E-state index in [1.807, 2.05) is 13.0 Å². The lowest BCUT2D eigenvalue weighted by atomic mass is 10.3. The summed E-state index contributed by atoms with van der Waals surface area (Å²) in [6, 6.07) is 1.96. The van der Waals surface area contributed by atoms with Crippen LogP contribution in [0.3, 0.4) is 0 Å². The Labute approximate surface area is 102 Å². The highest BCUT2D eigenvalue weighted by Gasteiger charge is 2.16. The lowest BCUT2D eigenvalue weighted by Gasteiger charge is -2.33. The molecule has 3 N–H and O–H groups in total. The molecule has 0 saturated carbocycles. The first-order valence-corrected chi connectivity index (χ1v) is 6.01. The Morgan fingerprint density at radius 1 is 1.29 bits per heavy atom. The molecule has 1 aromatic rings. The predicted molar refractivity (Wildman–Crippen MR) is 70.3 cm³/mol. The highest BCUT2D eigenvalue weighted by molar-refractivity contribution is 5.52. The maximum Gasteiger partial charge on any atom is 0.223 e. The Bertz CT molecular complexity index is 372. The summed E-state index contributed by atoms with van der Waals surface area (Å²) in [6.07, 6.45) is 0. The van der Waals surface area contributed by atoms with Gasteiger partial charge in [0.2, 0.25) is 5.95 Å². The summed E-state index contributed by atoms with van der Waals surface area (Å²) >= 11 is 0. The molecular formula is C11H20N6. The molecule has 0 atom stereocenters. The van der Waals surface area contributed by atoms with E-state index in [0.717, 1.165) is 44.4 Å². The summed E-state index contributed by atoms with van der Waals surface area (Å²) in [6.45, 7) is 6.95. The van der Waals surface area contributed by atoms with E-state index < -0.39 is 0 Å². The molecule has 0 aliphatic carbocycles. The van der Waals surface area contributed by atoms with Gasteiger partial charge in [0.25, 0.3) is 0 Å². The van der Waals surface area contributed by atoms with Crippen LogP contribution < -0.4 is 16.0 Å². The van der Waals surface area contributed by atoms with Crippen molar-refractivity contribution >= 4 is 17.6 Å². The van der Waals surface area contributed by atoms with Gasteiger partial charge in [-0.1, -0.05) is 0 Å². The van der Waals surface area contributed by atoms with Crippen molar-refractivity contribution in [2.24, 2.45) is 0 Å². The Morgan fingerprint density at radius 3 is 2.65 bits per heavy atom. The molecule has 0 bridgehead atoms. The molecule has 1 saturated heterocycles. The molecule has 0 amide bonds. The van der Waals surface area contributed by atoms with Crippen LogP contribution in [-0.2, 0) is 0 Å². The molecule has 0 radical (unpaired) electrons. The van der Waals surface area contributed by atoms with E-state index >= 15 is 0 Å². The number of nitrogens with one attached hydrogen (secondary N) is 1. The van der Waals surface area contributed by atoms with Crippen molar-refractivity contribution in [2.75, 3.05) is 55.7 Å². The van der Waals surface area contributed by atoms with E-state index in [1.165, 1.54) is 0 Å². The molecule has 1 aromatic heterocycles. The van der Waals surface area contributed by atoms with E-state index in [9.17, 15) is 0 Å². The smallest absolute Gasteiger partial charge is 0.223 e. The zero-order chi connectivity index (χ0) is 12.3. The quantitative estimate of drug-likeness (QED) is 0.783. The fourth-order valence-electron chi connectivity index (χ4n) is 1.92. The van der Waals surface area contributed by atoms with Gasteiger partial charge >= 0.3 is 0 Å². The van der Waals surface area contributed by atoms with Gasteiger partial charge in [0.05, 0.1) is 0 Å². The molecular weight excluding hydrogens is 216 g/mol. The molecule has 1 aliphatic rings. The summed E-state index contributed by atoms with van der Waals surface area (Å²) in [7, 11) is 2.13. The number of anilines is 3. The average Bonchev–Trinajstić information content (AvgIpc) is 2.29. The first-order chi connectivity index (χ1) is 8.19. The van der Waals surface area contributed by atoms with Gasteiger partial charge in [0.1, 0.15) is 11.6 Å². The number of nitrogens with zero attached hydrogens (tertiary/aromatic N) is 4. The van der Waals surface area contributed by atoms with Gasteiger partial charge in [-0.05, 0) is 14.0 Å². The number of likely N-dealkylation sites (N-methyl/N-ethyl adjacent to an activating group) is 1. The van der Waals surface area contributed by atoms with E-state index in [4.69, 9.17) is 5.73 Å². The highest BCUT2D eigenvalue weighted by Crippen LogP contribution is 2.18. The molecule has 2 heterocycles. The topological polar surface area (TPSA) is 70.3 Å². The number of nitrogens with two attached hydrogens (primary N) is 1. The number of piperazine rings is 1. The van der Waals surface area contributed by atoms with Crippen LogP contribution in [0.1, 0.15) is 6.92 Å². The van der Waals surface area contributed by atoms with Gasteiger partial charge in [-0.25, -0.2) is 0 Å². The lowest BCUT2D eigenvalue weighted by Crippen LogP contribution is -2.44. The minimum atomic E-state index is 0.331. The SMILES string of the molecule is CCNc1cc(N2CCN(C)CC2)nc(N)n1. The van der Waals surface area contributed by atoms with Crippen LogP contribution in [-0.4, -0.2) is 54.6 Å². The molecule has 1 fully saturated rings. The molecule has 17 heavy (non-hydrogen) atoms. The van der Waals surface area contributed by atoms with E-state index in [1.54, 1.807) is 0 Å². The predicted octanol–water partition coefficient (Wildman–Crippen LogP) is 0.242. The van der Waals surface area contributed by atoms with Crippen molar-refractivity contribution in [1.29, 1.82) is 0 Å². The molecule has 6 nitrogen and oxygen atoms in total. The van der Waals surface area contributed by atoms with Crippen molar-refractivity contribution in [1.82, 2.24) is 14.9 Å². The largest absolute Gasteiger partial charge is 0.370 e. The van der Waals surface area contributed by atoms with E-state index in [2.05, 4.69) is 32.1 Å². The summed E-state index contributed by atoms with van der Waals surface area (Å²) in [4.78, 5) is 13.0. The van der Waals surface area contributed by atoms with Gasteiger partial charge in [-0.2, -0.15) is 9.97 Å². The second-order valence-corrected chi connectivity index (χ2v) is 4.29. The fourth-order valence-corrected chi connectivity index (χ4v) is 1.92. The number of hydrogen-bond acceptors (Lipinski definition) is 6. The average molecular weight is 236 g/mol. The monoisotopic (exact) mass is 236 g/mol. The van der Waals surface area contributed by atoms with Crippen LogP contribution >= 0.6 is 0 Å². The zero-order valence-corrected chi connectivity index (χ0v) is 10.5. The van der Waals surface area contributed by atoms with E-state index in [-0.39, 0.29) is 0 Å². The van der Waals surface area contributed by atoms with Crippen LogP contribution in [0.15, 0.2) is 6.07 Å². The first kappa shape index (κ1) is 11.9. The van der Waals surface area contributed by atoms with Crippen molar-refractivity contribution in [3.63, 3.8) is 0 Å². The third kappa shape index (κ3) is 2.97. The normalized spacial score (nSPS) is 17.2. The Balaban J connectivity index is 2.14. The lowest BCUT2D eigenvalue weighted by molar-refractivity contribution is 0.312. The standard InChI is InChI=1S/C11H20N6/c1-3-13-9-8-10(15-11(12)14-9)17-6-4-16(2)5-7-17/h8H,3-7H2,1-2H3,(H3,12,13,14,15). The highest BCUT2D eigenvalue weighted by atomic mass is 15.3. The summed E-state index contributed by atoms with van der Waals surface area (Å²) in [5.41, 5.74) is 5.72. The third-order valence-electron chi connectivity index (χ3n) is 2.92. The van der Waals surface area contributed by atoms with Crippen LogP contribution in [0, 0.1) is 0 Å². The molecule has 0 aromatic carbocycles. The molecule has 6 heteroatoms. The van der Waals surface area contributed by atoms with Crippen LogP contribution in [0.4, 0.5) is 17.6 Å². The third-order valence-corrected chi connectivity index (χ3v) is 2.92. The maximum atomic E-state index is 5.72. The van der Waals surface area contributed by atoms with Crippen LogP contribution in [0.2, 0.25) is 0 Å². The Morgan fingerprint density at radius 2 is 2.00 bits per heavy atom. The van der Waals surface area contributed by atoms with Gasteiger partial charge in [-0.3, -0.25) is 0 Å². The number of rotatable bonds is 3. The van der Waals surface area contributed by atoms with Crippen molar-refractivity contribution in [3.05, 3.63) is 6.07 Å². The molecule has 1 aliphatic heterocycles. The second kappa shape index (κ2) is 5.18. The number of nitrogen functional groups attached to an aromatic ring is 1. The van der Waals surface area contributed by atoms with Crippen molar-refractivity contribution < 1.29 is 0 Å². The summed E-state index contributed by atoms with van der Waals surface area (Å²) in [5, 5.41) is 3.17. The zero-order valence-electron chi connectivity index (χ0n) is 10.5. The van der Waals surface area contributed by atoms with Crippen LogP contribution in [0.25, 0.3) is 0 Å². The number of aromatic nitrogens is 2. The minimum absolute atomic E-state index is 0.331. The second-order valence-electron chi connectivity index (χ2n) is 4.29. The van der Waals surface area contributed by atoms with Gasteiger partial charge in [0.15, 0.2) is 0 Å². The summed E-state index contributed by atoms with van der Waals surface area (Å²) in [5.74, 6) is 2.05. The number of hydrogen-bond donors (Lipinski definition) is 2. The fraction of sp³-hybridized carbons (Fsp3) is 0.636. The van der Waals surface area contributed by atoms with E-state index in [0.29, 0.717) is 5.95 Å². The maximum absolute atomic E-state index is 5.72. The Hall–Kier alpha value is -1.56. The van der Waals surface area contributed by atoms with Crippen molar-refractivity contribution in [3.8, 4) is 0 Å². The first-order valence-electron chi connectivity index (χ1n) is 6.01. The van der Waals surface area contributed by atoms with Gasteiger partial charge in [0, 0.05) is 38.8 Å². The molecule has 0 spiro atoms. The Kier molecular flexibility index (Phi) is 3.63. The molecule has 94 valence electrons. The molecule has 0 unspecified atom stereocenters. The van der Waals surface area contributed by atoms with Gasteiger partial charge in [-0.15, -0.1) is 0 Å². The molecule has 2 rings (SSSR count). The van der Waals surface area contributed by atoms with Crippen LogP contribution in [0.5, 0.6) is 0 Å². The summed E-state index contributed by atoms with van der Waals surface area (Å²) < 4.78 is 0.